The maximum Gasteiger partial charge on any atom is 0.243 e. The first kappa shape index (κ1) is 32.9. The highest BCUT2D eigenvalue weighted by Crippen LogP contribution is 2.23. The molecule has 0 aliphatic rings. The Kier molecular flexibility index (Phi) is 12.2. The van der Waals surface area contributed by atoms with Crippen molar-refractivity contribution in [1.82, 2.24) is 10.2 Å². The normalized spacial score (nSPS) is 12.0. The Labute approximate surface area is 252 Å². The van der Waals surface area contributed by atoms with Crippen molar-refractivity contribution in [3.05, 3.63) is 101 Å². The first-order valence-corrected chi connectivity index (χ1v) is 16.6. The summed E-state index contributed by atoms with van der Waals surface area (Å²) < 4.78 is 26.8. The van der Waals surface area contributed by atoms with E-state index in [1.54, 1.807) is 11.0 Å². The minimum atomic E-state index is -3.56. The van der Waals surface area contributed by atoms with E-state index in [2.05, 4.69) is 12.2 Å². The second-order valence-corrected chi connectivity index (χ2v) is 13.0. The van der Waals surface area contributed by atoms with Gasteiger partial charge in [0.05, 0.1) is 11.9 Å². The highest BCUT2D eigenvalue weighted by molar-refractivity contribution is 7.92. The number of benzene rings is 3. The number of hydrogen-bond donors (Lipinski definition) is 1. The van der Waals surface area contributed by atoms with Crippen molar-refractivity contribution in [3.63, 3.8) is 0 Å². The molecule has 0 aliphatic carbocycles. The number of anilines is 1. The van der Waals surface area contributed by atoms with Gasteiger partial charge in [0, 0.05) is 32.5 Å². The lowest BCUT2D eigenvalue weighted by Gasteiger charge is -2.32. The summed E-state index contributed by atoms with van der Waals surface area (Å²) in [6.07, 6.45) is 3.80. The number of nitrogens with zero attached hydrogens (tertiary/aromatic N) is 2. The van der Waals surface area contributed by atoms with E-state index in [9.17, 15) is 18.0 Å². The van der Waals surface area contributed by atoms with Crippen LogP contribution in [0.25, 0.3) is 0 Å². The molecule has 0 bridgehead atoms. The maximum absolute atomic E-state index is 13.9. The Morgan fingerprint density at radius 3 is 2.21 bits per heavy atom. The van der Waals surface area contributed by atoms with Gasteiger partial charge in [-0.25, -0.2) is 8.42 Å². The number of unbranched alkanes of at least 4 members (excludes halogenated alkanes) is 1. The summed E-state index contributed by atoms with van der Waals surface area (Å²) in [7, 11) is -3.56. The quantitative estimate of drug-likeness (QED) is 0.229. The number of carbonyl (C=O) groups excluding carboxylic acids is 2. The van der Waals surface area contributed by atoms with Crippen molar-refractivity contribution >= 4 is 27.5 Å². The average Bonchev–Trinajstić information content (AvgIpc) is 2.94. The van der Waals surface area contributed by atoms with E-state index < -0.39 is 16.1 Å². The third-order valence-corrected chi connectivity index (χ3v) is 8.66. The van der Waals surface area contributed by atoms with E-state index in [-0.39, 0.29) is 31.3 Å². The first-order chi connectivity index (χ1) is 20.0. The predicted octanol–water partition coefficient (Wildman–Crippen LogP) is 5.71. The molecule has 2 amide bonds. The van der Waals surface area contributed by atoms with Gasteiger partial charge in [0.1, 0.15) is 6.04 Å². The molecule has 0 aliphatic heterocycles. The molecule has 0 saturated carbocycles. The molecule has 3 aromatic rings. The number of amides is 2. The molecule has 8 heteroatoms. The monoisotopic (exact) mass is 591 g/mol. The summed E-state index contributed by atoms with van der Waals surface area (Å²) >= 11 is 0. The third kappa shape index (κ3) is 9.72. The van der Waals surface area contributed by atoms with Gasteiger partial charge in [0.15, 0.2) is 0 Å². The molecule has 0 saturated heterocycles. The average molecular weight is 592 g/mol. The number of aryl methyl sites for hydroxylation is 3. The summed E-state index contributed by atoms with van der Waals surface area (Å²) in [4.78, 5) is 29.2. The Morgan fingerprint density at radius 2 is 1.57 bits per heavy atom. The molecule has 42 heavy (non-hydrogen) atoms. The van der Waals surface area contributed by atoms with E-state index in [0.29, 0.717) is 25.1 Å². The van der Waals surface area contributed by atoms with E-state index in [1.165, 1.54) is 10.6 Å². The van der Waals surface area contributed by atoms with Crippen LogP contribution in [0, 0.1) is 20.8 Å². The summed E-state index contributed by atoms with van der Waals surface area (Å²) in [6, 6.07) is 22.5. The number of rotatable bonds is 15. The number of carbonyl (C=O) groups is 2. The van der Waals surface area contributed by atoms with Gasteiger partial charge >= 0.3 is 0 Å². The minimum Gasteiger partial charge on any atom is -0.354 e. The zero-order valence-electron chi connectivity index (χ0n) is 25.6. The molecule has 1 N–H and O–H groups in total. The van der Waals surface area contributed by atoms with Gasteiger partial charge in [-0.3, -0.25) is 13.9 Å². The summed E-state index contributed by atoms with van der Waals surface area (Å²) in [6.45, 7) is 9.00. The summed E-state index contributed by atoms with van der Waals surface area (Å²) in [5, 5.41) is 3.04. The van der Waals surface area contributed by atoms with Crippen LogP contribution < -0.4 is 9.62 Å². The second kappa shape index (κ2) is 15.5. The topological polar surface area (TPSA) is 86.8 Å². The van der Waals surface area contributed by atoms with Crippen molar-refractivity contribution in [2.45, 2.75) is 72.4 Å². The fourth-order valence-electron chi connectivity index (χ4n) is 4.95. The Bertz CT molecular complexity index is 1440. The van der Waals surface area contributed by atoms with Gasteiger partial charge in [-0.15, -0.1) is 0 Å². The third-order valence-electron chi connectivity index (χ3n) is 7.47. The number of sulfonamides is 1. The Hall–Kier alpha value is -3.65. The lowest BCUT2D eigenvalue weighted by atomic mass is 10.0. The molecule has 0 heterocycles. The standard InChI is InChI=1S/C34H45N3O4S/c1-6-7-20-35-34(39)32(24-29-14-9-8-10-15-29)36(25-30-16-11-13-26(2)22-30)33(38)17-12-21-37(42(5,40)41)31-19-18-27(3)28(4)23-31/h8-11,13-16,18-19,22-23,32H,6-7,12,17,20-21,24-25H2,1-5H3,(H,35,39). The Morgan fingerprint density at radius 1 is 0.857 bits per heavy atom. The van der Waals surface area contributed by atoms with E-state index in [1.807, 2.05) is 87.5 Å². The number of nitrogens with one attached hydrogen (secondary N) is 1. The van der Waals surface area contributed by atoms with Crippen molar-refractivity contribution in [2.75, 3.05) is 23.7 Å². The van der Waals surface area contributed by atoms with Crippen LogP contribution in [-0.2, 0) is 32.6 Å². The molecular weight excluding hydrogens is 546 g/mol. The molecule has 0 aromatic heterocycles. The van der Waals surface area contributed by atoms with Crippen LogP contribution >= 0.6 is 0 Å². The fourth-order valence-corrected chi connectivity index (χ4v) is 5.91. The molecule has 0 spiro atoms. The van der Waals surface area contributed by atoms with E-state index >= 15 is 0 Å². The lowest BCUT2D eigenvalue weighted by molar-refractivity contribution is -0.141. The van der Waals surface area contributed by atoms with Gasteiger partial charge in [0.2, 0.25) is 21.8 Å². The van der Waals surface area contributed by atoms with E-state index in [4.69, 9.17) is 0 Å². The highest BCUT2D eigenvalue weighted by Gasteiger charge is 2.30. The Balaban J connectivity index is 1.88. The summed E-state index contributed by atoms with van der Waals surface area (Å²) in [5.41, 5.74) is 5.64. The zero-order chi connectivity index (χ0) is 30.7. The molecule has 226 valence electrons. The van der Waals surface area contributed by atoms with Gasteiger partial charge in [0.25, 0.3) is 0 Å². The van der Waals surface area contributed by atoms with Gasteiger partial charge in [-0.1, -0.05) is 79.6 Å². The van der Waals surface area contributed by atoms with Crippen LogP contribution in [0.1, 0.15) is 60.4 Å². The van der Waals surface area contributed by atoms with Crippen molar-refractivity contribution < 1.29 is 18.0 Å². The molecule has 0 radical (unpaired) electrons. The molecular formula is C34H45N3O4S. The van der Waals surface area contributed by atoms with Crippen molar-refractivity contribution in [3.8, 4) is 0 Å². The van der Waals surface area contributed by atoms with Crippen LogP contribution in [0.3, 0.4) is 0 Å². The maximum atomic E-state index is 13.9. The minimum absolute atomic E-state index is 0.107. The molecule has 1 unspecified atom stereocenters. The molecule has 7 nitrogen and oxygen atoms in total. The lowest BCUT2D eigenvalue weighted by Crippen LogP contribution is -2.50. The van der Waals surface area contributed by atoms with Crippen LogP contribution in [0.5, 0.6) is 0 Å². The first-order valence-electron chi connectivity index (χ1n) is 14.7. The summed E-state index contributed by atoms with van der Waals surface area (Å²) in [5.74, 6) is -0.363. The predicted molar refractivity (Wildman–Crippen MR) is 171 cm³/mol. The van der Waals surface area contributed by atoms with Crippen molar-refractivity contribution in [1.29, 1.82) is 0 Å². The SMILES string of the molecule is CCCCNC(=O)C(Cc1ccccc1)N(Cc1cccc(C)c1)C(=O)CCCN(c1ccc(C)c(C)c1)S(C)(=O)=O. The van der Waals surface area contributed by atoms with Gasteiger partial charge < -0.3 is 10.2 Å². The molecule has 1 atom stereocenters. The van der Waals surface area contributed by atoms with Gasteiger partial charge in [-0.05, 0) is 68.0 Å². The number of hydrogen-bond acceptors (Lipinski definition) is 4. The van der Waals surface area contributed by atoms with Gasteiger partial charge in [-0.2, -0.15) is 0 Å². The fraction of sp³-hybridized carbons (Fsp3) is 0.412. The van der Waals surface area contributed by atoms with Crippen LogP contribution in [0.4, 0.5) is 5.69 Å². The smallest absolute Gasteiger partial charge is 0.243 e. The second-order valence-electron chi connectivity index (χ2n) is 11.1. The van der Waals surface area contributed by atoms with Crippen LogP contribution in [0.15, 0.2) is 72.8 Å². The molecule has 0 fully saturated rings. The largest absolute Gasteiger partial charge is 0.354 e. The van der Waals surface area contributed by atoms with Crippen LogP contribution in [-0.4, -0.2) is 50.5 Å². The zero-order valence-corrected chi connectivity index (χ0v) is 26.4. The van der Waals surface area contributed by atoms with Crippen LogP contribution in [0.2, 0.25) is 0 Å². The molecule has 3 aromatic carbocycles. The molecule has 3 rings (SSSR count). The van der Waals surface area contributed by atoms with E-state index in [0.717, 1.165) is 40.7 Å². The highest BCUT2D eigenvalue weighted by atomic mass is 32.2. The van der Waals surface area contributed by atoms with Crippen molar-refractivity contribution in [2.24, 2.45) is 0 Å².